The summed E-state index contributed by atoms with van der Waals surface area (Å²) < 4.78 is 49.8. The van der Waals surface area contributed by atoms with Gasteiger partial charge in [-0.15, -0.1) is 0 Å². The first kappa shape index (κ1) is 23.0. The van der Waals surface area contributed by atoms with Crippen molar-refractivity contribution in [2.45, 2.75) is 32.7 Å². The van der Waals surface area contributed by atoms with Gasteiger partial charge in [-0.05, 0) is 55.9 Å². The largest absolute Gasteiger partial charge is 0.506 e. The van der Waals surface area contributed by atoms with Gasteiger partial charge >= 0.3 is 16.3 Å². The maximum absolute atomic E-state index is 12.3. The molecule has 1 aromatic carbocycles. The quantitative estimate of drug-likeness (QED) is 0.368. The van der Waals surface area contributed by atoms with Crippen molar-refractivity contribution in [3.63, 3.8) is 0 Å². The second-order valence-electron chi connectivity index (χ2n) is 7.27. The van der Waals surface area contributed by atoms with Crippen LogP contribution in [0.1, 0.15) is 26.3 Å². The minimum absolute atomic E-state index is 0.0254. The van der Waals surface area contributed by atoms with Crippen LogP contribution in [0.25, 0.3) is 0 Å². The molecule has 2 amide bonds. The van der Waals surface area contributed by atoms with Crippen molar-refractivity contribution in [2.24, 2.45) is 0 Å². The van der Waals surface area contributed by atoms with Crippen LogP contribution in [-0.4, -0.2) is 62.7 Å². The molecule has 1 aromatic rings. The van der Waals surface area contributed by atoms with Crippen molar-refractivity contribution in [2.75, 3.05) is 17.4 Å². The van der Waals surface area contributed by atoms with Gasteiger partial charge in [0.15, 0.2) is 0 Å². The lowest BCUT2D eigenvalue weighted by Gasteiger charge is -2.36. The summed E-state index contributed by atoms with van der Waals surface area (Å²) in [5, 5.41) is 19.4. The molecule has 1 heterocycles. The zero-order valence-corrected chi connectivity index (χ0v) is 17.6. The number of benzene rings is 1. The predicted molar refractivity (Wildman–Crippen MR) is 107 cm³/mol. The molecule has 0 spiro atoms. The van der Waals surface area contributed by atoms with E-state index in [2.05, 4.69) is 4.72 Å². The number of phenolic OH excluding ortho intramolecular Hbond substituents is 1. The first-order valence-electron chi connectivity index (χ1n) is 8.36. The molecule has 1 aliphatic rings. The molecular formula is C15H24N4O8S2. The van der Waals surface area contributed by atoms with Gasteiger partial charge in [0.2, 0.25) is 0 Å². The van der Waals surface area contributed by atoms with Gasteiger partial charge < -0.3 is 10.2 Å². The molecular weight excluding hydrogens is 428 g/mol. The normalized spacial score (nSPS) is 17.7. The Kier molecular flexibility index (Phi) is 6.25. The Morgan fingerprint density at radius 1 is 1.34 bits per heavy atom. The summed E-state index contributed by atoms with van der Waals surface area (Å²) in [6.07, 6.45) is -1.49. The number of anilines is 1. The van der Waals surface area contributed by atoms with Gasteiger partial charge in [0.05, 0.1) is 5.54 Å². The van der Waals surface area contributed by atoms with E-state index in [4.69, 9.17) is 0 Å². The highest BCUT2D eigenvalue weighted by Crippen LogP contribution is 2.48. The summed E-state index contributed by atoms with van der Waals surface area (Å²) in [7, 11) is -7.87. The zero-order valence-electron chi connectivity index (χ0n) is 16.0. The molecule has 2 rings (SSSR count). The summed E-state index contributed by atoms with van der Waals surface area (Å²) in [6, 6.07) is 4.17. The molecule has 164 valence electrons. The fourth-order valence-electron chi connectivity index (χ4n) is 2.76. The third kappa shape index (κ3) is 5.22. The van der Waals surface area contributed by atoms with E-state index in [1.807, 2.05) is 4.72 Å². The van der Waals surface area contributed by atoms with Crippen LogP contribution in [0.15, 0.2) is 18.2 Å². The van der Waals surface area contributed by atoms with Crippen LogP contribution >= 0.6 is 11.0 Å². The molecule has 29 heavy (non-hydrogen) atoms. The molecule has 6 N–H and O–H groups in total. The van der Waals surface area contributed by atoms with Crippen molar-refractivity contribution in [1.82, 2.24) is 13.7 Å². The van der Waals surface area contributed by atoms with Gasteiger partial charge in [0, 0.05) is 6.54 Å². The van der Waals surface area contributed by atoms with E-state index < -0.39 is 38.7 Å². The Morgan fingerprint density at radius 3 is 2.41 bits per heavy atom. The predicted octanol–water partition coefficient (Wildman–Crippen LogP) is 1.06. The summed E-state index contributed by atoms with van der Waals surface area (Å²) >= 11 is 0. The smallest absolute Gasteiger partial charge is 0.422 e. The third-order valence-corrected chi connectivity index (χ3v) is 7.07. The molecule has 14 heteroatoms. The summed E-state index contributed by atoms with van der Waals surface area (Å²) in [4.78, 5) is 22.7. The molecule has 0 aliphatic carbocycles. The molecule has 12 nitrogen and oxygen atoms in total. The van der Waals surface area contributed by atoms with Crippen molar-refractivity contribution in [3.8, 4) is 5.75 Å². The highest BCUT2D eigenvalue weighted by Gasteiger charge is 2.37. The van der Waals surface area contributed by atoms with Gasteiger partial charge in [-0.2, -0.15) is 17.4 Å². The SMILES string of the molecule is CC(C)(C)N(C(=O)O)S(=O)(=O)NCCc1ccc(N2CC(=O)NS2(O)O)c(O)c1. The maximum Gasteiger partial charge on any atom is 0.422 e. The van der Waals surface area contributed by atoms with Crippen LogP contribution in [0.4, 0.5) is 10.5 Å². The van der Waals surface area contributed by atoms with Crippen LogP contribution < -0.4 is 13.7 Å². The Balaban J connectivity index is 2.08. The lowest BCUT2D eigenvalue weighted by molar-refractivity contribution is -0.117. The fraction of sp³-hybridized carbons (Fsp3) is 0.467. The van der Waals surface area contributed by atoms with Gasteiger partial charge in [-0.1, -0.05) is 6.07 Å². The molecule has 0 aromatic heterocycles. The molecule has 0 saturated carbocycles. The summed E-state index contributed by atoms with van der Waals surface area (Å²) in [5.41, 5.74) is -0.652. The van der Waals surface area contributed by atoms with Gasteiger partial charge in [-0.3, -0.25) is 13.9 Å². The Bertz CT molecular complexity index is 913. The Morgan fingerprint density at radius 2 is 1.97 bits per heavy atom. The van der Waals surface area contributed by atoms with Gasteiger partial charge in [0.1, 0.15) is 18.0 Å². The zero-order chi connectivity index (χ0) is 22.2. The lowest BCUT2D eigenvalue weighted by atomic mass is 10.1. The number of carbonyl (C=O) groups is 2. The van der Waals surface area contributed by atoms with Crippen molar-refractivity contribution >= 4 is 38.9 Å². The van der Waals surface area contributed by atoms with Gasteiger partial charge in [0.25, 0.3) is 5.91 Å². The lowest BCUT2D eigenvalue weighted by Crippen LogP contribution is -2.53. The number of nitrogens with one attached hydrogen (secondary N) is 2. The maximum atomic E-state index is 12.3. The second kappa shape index (κ2) is 7.87. The van der Waals surface area contributed by atoms with E-state index in [0.717, 1.165) is 4.31 Å². The number of carbonyl (C=O) groups excluding carboxylic acids is 1. The van der Waals surface area contributed by atoms with Crippen LogP contribution in [0.2, 0.25) is 0 Å². The van der Waals surface area contributed by atoms with E-state index in [1.165, 1.54) is 39.0 Å². The highest BCUT2D eigenvalue weighted by atomic mass is 32.3. The van der Waals surface area contributed by atoms with Crippen LogP contribution in [-0.2, 0) is 21.4 Å². The molecule has 1 aliphatic heterocycles. The number of amides is 2. The van der Waals surface area contributed by atoms with Gasteiger partial charge in [-0.25, -0.2) is 13.8 Å². The van der Waals surface area contributed by atoms with Crippen molar-refractivity contribution in [1.29, 1.82) is 0 Å². The first-order chi connectivity index (χ1) is 13.1. The summed E-state index contributed by atoms with van der Waals surface area (Å²) in [6.45, 7) is 3.85. The third-order valence-electron chi connectivity index (χ3n) is 3.88. The van der Waals surface area contributed by atoms with Crippen molar-refractivity contribution < 1.29 is 37.3 Å². The number of phenols is 1. The summed E-state index contributed by atoms with van der Waals surface area (Å²) in [5.74, 6) is -0.937. The Hall–Kier alpha value is -2.26. The molecule has 0 unspecified atom stereocenters. The van der Waals surface area contributed by atoms with E-state index >= 15 is 0 Å². The highest BCUT2D eigenvalue weighted by molar-refractivity contribution is 8.24. The minimum Gasteiger partial charge on any atom is -0.506 e. The van der Waals surface area contributed by atoms with Crippen LogP contribution in [0.5, 0.6) is 5.75 Å². The average Bonchev–Trinajstić information content (AvgIpc) is 2.77. The average molecular weight is 453 g/mol. The molecule has 0 atom stereocenters. The number of hydrogen-bond acceptors (Lipinski definition) is 8. The monoisotopic (exact) mass is 452 g/mol. The number of aromatic hydroxyl groups is 1. The van der Waals surface area contributed by atoms with Crippen LogP contribution in [0.3, 0.4) is 0 Å². The van der Waals surface area contributed by atoms with Crippen LogP contribution in [0, 0.1) is 0 Å². The van der Waals surface area contributed by atoms with E-state index in [-0.39, 0.29) is 30.9 Å². The molecule has 1 saturated heterocycles. The fourth-order valence-corrected chi connectivity index (χ4v) is 5.38. The number of carboxylic acid groups (broad SMARTS) is 1. The number of nitrogens with zero attached hydrogens (tertiary/aromatic N) is 2. The topological polar surface area (TPSA) is 180 Å². The van der Waals surface area contributed by atoms with Crippen molar-refractivity contribution in [3.05, 3.63) is 23.8 Å². The first-order valence-corrected chi connectivity index (χ1v) is 11.3. The van der Waals surface area contributed by atoms with E-state index in [0.29, 0.717) is 9.87 Å². The van der Waals surface area contributed by atoms with E-state index in [1.54, 1.807) is 0 Å². The molecule has 1 fully saturated rings. The standard InChI is InChI=1S/C15H24N4O8S2/c1-15(2,3)19(14(22)23)28(24,25)16-7-6-10-4-5-11(12(20)8-10)18-9-13(21)17-29(18,26)27/h4-5,8,16,20,26-27H,6-7,9H2,1-3H3,(H,17,21)(H,22,23). The number of hydrogen-bond donors (Lipinski definition) is 6. The Labute approximate surface area is 169 Å². The molecule has 0 radical (unpaired) electrons. The van der Waals surface area contributed by atoms with E-state index in [9.17, 15) is 37.3 Å². The number of rotatable bonds is 6. The molecule has 0 bridgehead atoms. The minimum atomic E-state index is -4.30. The second-order valence-corrected chi connectivity index (χ2v) is 10.6.